The highest BCUT2D eigenvalue weighted by molar-refractivity contribution is 6.42. The fourth-order valence-corrected chi connectivity index (χ4v) is 5.17. The van der Waals surface area contributed by atoms with Gasteiger partial charge in [0.05, 0.1) is 27.2 Å². The van der Waals surface area contributed by atoms with Gasteiger partial charge in [0.15, 0.2) is 0 Å². The summed E-state index contributed by atoms with van der Waals surface area (Å²) < 4.78 is 53.2. The monoisotopic (exact) mass is 563 g/mol. The third-order valence-corrected chi connectivity index (χ3v) is 7.62. The number of hydrogen-bond acceptors (Lipinski definition) is 3. The fourth-order valence-electron chi connectivity index (χ4n) is 4.87. The van der Waals surface area contributed by atoms with Gasteiger partial charge in [-0.3, -0.25) is 9.69 Å². The first-order chi connectivity index (χ1) is 17.9. The van der Waals surface area contributed by atoms with Crippen molar-refractivity contribution in [2.45, 2.75) is 31.6 Å². The first-order valence-electron chi connectivity index (χ1n) is 11.7. The van der Waals surface area contributed by atoms with Crippen LogP contribution in [0.4, 0.5) is 17.6 Å². The van der Waals surface area contributed by atoms with Gasteiger partial charge in [0, 0.05) is 37.2 Å². The molecule has 1 fully saturated rings. The van der Waals surface area contributed by atoms with Gasteiger partial charge in [-0.25, -0.2) is 4.39 Å². The molecule has 0 saturated carbocycles. The highest BCUT2D eigenvalue weighted by atomic mass is 35.5. The lowest BCUT2D eigenvalue weighted by molar-refractivity contribution is -0.140. The number of benzene rings is 3. The summed E-state index contributed by atoms with van der Waals surface area (Å²) in [4.78, 5) is 17.0. The van der Waals surface area contributed by atoms with E-state index in [0.717, 1.165) is 17.7 Å². The Kier molecular flexibility index (Phi) is 8.03. The molecule has 10 heteroatoms. The standard InChI is InChI=1S/C28H23Cl2F4N3O/c1-16-9-19(4-5-20(16)12-35)27(38)37-14-21(18-6-8-23(29)24(30)11-18)26(15-37)36(2)13-17-3-7-22(25(31)10-17)28(32,33)34/h3-11,21,26H,13-15H2,1-2H3. The van der Waals surface area contributed by atoms with E-state index in [2.05, 4.69) is 6.07 Å². The third kappa shape index (κ3) is 5.80. The van der Waals surface area contributed by atoms with Gasteiger partial charge in [-0.2, -0.15) is 18.4 Å². The number of halogens is 6. The molecule has 4 rings (SSSR count). The van der Waals surface area contributed by atoms with E-state index in [1.54, 1.807) is 49.2 Å². The van der Waals surface area contributed by atoms with E-state index in [1.807, 2.05) is 11.0 Å². The fraction of sp³-hybridized carbons (Fsp3) is 0.286. The van der Waals surface area contributed by atoms with Gasteiger partial charge < -0.3 is 4.90 Å². The van der Waals surface area contributed by atoms with Crippen LogP contribution in [0.15, 0.2) is 54.6 Å². The lowest BCUT2D eigenvalue weighted by Gasteiger charge is -2.29. The second-order valence-corrected chi connectivity index (χ2v) is 10.2. The SMILES string of the molecule is Cc1cc(C(=O)N2CC(c3ccc(Cl)c(Cl)c3)C(N(C)Cc3ccc(C(F)(F)F)c(F)c3)C2)ccc1C#N. The van der Waals surface area contributed by atoms with Crippen molar-refractivity contribution in [1.29, 1.82) is 5.26 Å². The number of aryl methyl sites for hydroxylation is 1. The van der Waals surface area contributed by atoms with Crippen molar-refractivity contribution in [3.63, 3.8) is 0 Å². The number of likely N-dealkylation sites (tertiary alicyclic amines) is 1. The van der Waals surface area contributed by atoms with Gasteiger partial charge in [0.25, 0.3) is 5.91 Å². The predicted octanol–water partition coefficient (Wildman–Crippen LogP) is 7.07. The molecule has 0 radical (unpaired) electrons. The predicted molar refractivity (Wildman–Crippen MR) is 138 cm³/mol. The summed E-state index contributed by atoms with van der Waals surface area (Å²) in [5.74, 6) is -1.74. The van der Waals surface area contributed by atoms with Crippen LogP contribution >= 0.6 is 23.2 Å². The number of rotatable bonds is 5. The van der Waals surface area contributed by atoms with E-state index >= 15 is 0 Å². The minimum absolute atomic E-state index is 0.162. The number of alkyl halides is 3. The molecule has 1 aliphatic rings. The van der Waals surface area contributed by atoms with Crippen molar-refractivity contribution in [2.24, 2.45) is 0 Å². The number of hydrogen-bond donors (Lipinski definition) is 0. The van der Waals surface area contributed by atoms with Crippen LogP contribution in [0.25, 0.3) is 0 Å². The molecule has 2 unspecified atom stereocenters. The van der Waals surface area contributed by atoms with Crippen molar-refractivity contribution in [3.05, 3.63) is 104 Å². The smallest absolute Gasteiger partial charge is 0.336 e. The van der Waals surface area contributed by atoms with Crippen LogP contribution in [0.1, 0.15) is 44.1 Å². The van der Waals surface area contributed by atoms with Crippen LogP contribution in [-0.4, -0.2) is 41.9 Å². The molecule has 3 aromatic rings. The van der Waals surface area contributed by atoms with Gasteiger partial charge in [-0.1, -0.05) is 35.3 Å². The molecule has 4 nitrogen and oxygen atoms in total. The summed E-state index contributed by atoms with van der Waals surface area (Å²) >= 11 is 12.4. The Hall–Kier alpha value is -3.12. The highest BCUT2D eigenvalue weighted by Gasteiger charge is 2.39. The molecule has 38 heavy (non-hydrogen) atoms. The Labute approximate surface area is 228 Å². The van der Waals surface area contributed by atoms with Gasteiger partial charge in [-0.05, 0) is 73.1 Å². The van der Waals surface area contributed by atoms with Crippen molar-refractivity contribution in [1.82, 2.24) is 9.80 Å². The van der Waals surface area contributed by atoms with Gasteiger partial charge in [-0.15, -0.1) is 0 Å². The molecule has 1 aliphatic heterocycles. The molecule has 0 N–H and O–H groups in total. The molecule has 0 spiro atoms. The number of carbonyl (C=O) groups excluding carboxylic acids is 1. The Morgan fingerprint density at radius 2 is 1.82 bits per heavy atom. The topological polar surface area (TPSA) is 47.3 Å². The van der Waals surface area contributed by atoms with Crippen molar-refractivity contribution in [3.8, 4) is 6.07 Å². The zero-order chi connectivity index (χ0) is 27.8. The number of carbonyl (C=O) groups is 1. The Morgan fingerprint density at radius 3 is 2.42 bits per heavy atom. The molecular weight excluding hydrogens is 541 g/mol. The molecule has 0 aliphatic carbocycles. The van der Waals surface area contributed by atoms with Crippen LogP contribution < -0.4 is 0 Å². The minimum atomic E-state index is -4.77. The third-order valence-electron chi connectivity index (χ3n) is 6.88. The largest absolute Gasteiger partial charge is 0.419 e. The molecule has 0 aromatic heterocycles. The number of nitrogens with zero attached hydrogens (tertiary/aromatic N) is 3. The van der Waals surface area contributed by atoms with Crippen LogP contribution in [0.3, 0.4) is 0 Å². The summed E-state index contributed by atoms with van der Waals surface area (Å²) in [6.07, 6.45) is -4.77. The van der Waals surface area contributed by atoms with Gasteiger partial charge in [0.2, 0.25) is 0 Å². The van der Waals surface area contributed by atoms with Crippen LogP contribution in [0, 0.1) is 24.1 Å². The molecule has 3 aromatic carbocycles. The van der Waals surface area contributed by atoms with E-state index in [4.69, 9.17) is 23.2 Å². The molecule has 198 valence electrons. The Balaban J connectivity index is 1.62. The molecule has 2 atom stereocenters. The molecule has 1 heterocycles. The Bertz CT molecular complexity index is 1420. The van der Waals surface area contributed by atoms with Crippen molar-refractivity contribution >= 4 is 29.1 Å². The maximum Gasteiger partial charge on any atom is 0.419 e. The van der Waals surface area contributed by atoms with Gasteiger partial charge in [0.1, 0.15) is 5.82 Å². The summed E-state index contributed by atoms with van der Waals surface area (Å²) in [5, 5.41) is 9.95. The van der Waals surface area contributed by atoms with E-state index in [0.29, 0.717) is 45.4 Å². The second-order valence-electron chi connectivity index (χ2n) is 9.43. The summed E-state index contributed by atoms with van der Waals surface area (Å²) in [5.41, 5.74) is 1.53. The zero-order valence-electron chi connectivity index (χ0n) is 20.5. The van der Waals surface area contributed by atoms with Crippen LogP contribution in [0.5, 0.6) is 0 Å². The average molecular weight is 564 g/mol. The molecule has 1 amide bonds. The number of likely N-dealkylation sites (N-methyl/N-ethyl adjacent to an activating group) is 1. The number of amides is 1. The molecular formula is C28H23Cl2F4N3O. The molecule has 1 saturated heterocycles. The summed E-state index contributed by atoms with van der Waals surface area (Å²) in [6, 6.07) is 14.9. The van der Waals surface area contributed by atoms with E-state index in [1.165, 1.54) is 6.07 Å². The quantitative estimate of drug-likeness (QED) is 0.312. The van der Waals surface area contributed by atoms with E-state index in [9.17, 15) is 27.6 Å². The maximum absolute atomic E-state index is 14.2. The highest BCUT2D eigenvalue weighted by Crippen LogP contribution is 2.36. The Morgan fingerprint density at radius 1 is 1.08 bits per heavy atom. The summed E-state index contributed by atoms with van der Waals surface area (Å²) in [7, 11) is 1.78. The number of nitriles is 1. The zero-order valence-corrected chi connectivity index (χ0v) is 22.0. The molecule has 0 bridgehead atoms. The second kappa shape index (κ2) is 10.9. The van der Waals surface area contributed by atoms with Crippen molar-refractivity contribution < 1.29 is 22.4 Å². The van der Waals surface area contributed by atoms with Crippen molar-refractivity contribution in [2.75, 3.05) is 20.1 Å². The van der Waals surface area contributed by atoms with E-state index in [-0.39, 0.29) is 24.4 Å². The average Bonchev–Trinajstić information content (AvgIpc) is 3.30. The normalized spacial score (nSPS) is 17.6. The van der Waals surface area contributed by atoms with Crippen LogP contribution in [-0.2, 0) is 12.7 Å². The minimum Gasteiger partial charge on any atom is -0.336 e. The maximum atomic E-state index is 14.2. The first kappa shape index (κ1) is 27.9. The lowest BCUT2D eigenvalue weighted by Crippen LogP contribution is -2.38. The van der Waals surface area contributed by atoms with E-state index < -0.39 is 17.6 Å². The first-order valence-corrected chi connectivity index (χ1v) is 12.5. The summed E-state index contributed by atoms with van der Waals surface area (Å²) in [6.45, 7) is 2.60. The van der Waals surface area contributed by atoms with Crippen LogP contribution in [0.2, 0.25) is 10.0 Å². The van der Waals surface area contributed by atoms with Gasteiger partial charge >= 0.3 is 6.18 Å². The lowest BCUT2D eigenvalue weighted by atomic mass is 9.93.